The first-order chi connectivity index (χ1) is 10.3. The van der Waals surface area contributed by atoms with Crippen molar-refractivity contribution in [3.63, 3.8) is 0 Å². The van der Waals surface area contributed by atoms with E-state index in [4.69, 9.17) is 21.1 Å². The second-order valence-corrected chi connectivity index (χ2v) is 5.33. The molecule has 112 valence electrons. The Kier molecular flexibility index (Phi) is 4.62. The number of hydrogen-bond donors (Lipinski definition) is 2. The summed E-state index contributed by atoms with van der Waals surface area (Å²) in [6.07, 6.45) is 5.60. The minimum absolute atomic E-state index is 0.553. The van der Waals surface area contributed by atoms with Crippen molar-refractivity contribution < 1.29 is 9.47 Å². The quantitative estimate of drug-likeness (QED) is 0.805. The number of imidazole rings is 1. The molecule has 0 spiro atoms. The van der Waals surface area contributed by atoms with Crippen LogP contribution < -0.4 is 14.8 Å². The molecule has 0 saturated heterocycles. The van der Waals surface area contributed by atoms with E-state index in [0.717, 1.165) is 43.1 Å². The average Bonchev–Trinajstić information content (AvgIpc) is 3.00. The molecule has 0 fully saturated rings. The van der Waals surface area contributed by atoms with Gasteiger partial charge in [-0.1, -0.05) is 11.6 Å². The molecule has 21 heavy (non-hydrogen) atoms. The summed E-state index contributed by atoms with van der Waals surface area (Å²) in [6, 6.07) is 3.91. The van der Waals surface area contributed by atoms with E-state index in [1.54, 1.807) is 6.20 Å². The highest BCUT2D eigenvalue weighted by atomic mass is 35.5. The molecule has 2 N–H and O–H groups in total. The molecule has 0 aliphatic carbocycles. The van der Waals surface area contributed by atoms with Gasteiger partial charge in [-0.3, -0.25) is 0 Å². The number of H-pyrrole nitrogens is 1. The van der Waals surface area contributed by atoms with Crippen LogP contribution in [0.2, 0.25) is 5.02 Å². The summed E-state index contributed by atoms with van der Waals surface area (Å²) >= 11 is 6.21. The van der Waals surface area contributed by atoms with Gasteiger partial charge >= 0.3 is 0 Å². The van der Waals surface area contributed by atoms with Gasteiger partial charge in [-0.2, -0.15) is 0 Å². The number of ether oxygens (including phenoxy) is 2. The minimum atomic E-state index is 0.553. The Hall–Kier alpha value is -1.72. The standard InChI is InChI=1S/C15H18ClN3O2/c16-12-8-11(9-13-15(12)21-7-6-20-13)10-17-3-1-2-14-18-4-5-19-14/h4-5,8-9,17H,1-3,6-7,10H2,(H,18,19). The van der Waals surface area contributed by atoms with Crippen LogP contribution in [-0.4, -0.2) is 29.7 Å². The van der Waals surface area contributed by atoms with Crippen molar-refractivity contribution in [3.8, 4) is 11.5 Å². The van der Waals surface area contributed by atoms with Crippen molar-refractivity contribution in [2.45, 2.75) is 19.4 Å². The Morgan fingerprint density at radius 3 is 3.05 bits per heavy atom. The van der Waals surface area contributed by atoms with Crippen molar-refractivity contribution in [2.75, 3.05) is 19.8 Å². The third kappa shape index (κ3) is 3.68. The highest BCUT2D eigenvalue weighted by Crippen LogP contribution is 2.38. The zero-order chi connectivity index (χ0) is 14.5. The predicted octanol–water partition coefficient (Wildman–Crippen LogP) is 2.56. The first kappa shape index (κ1) is 14.2. The van der Waals surface area contributed by atoms with Crippen LogP contribution in [0.25, 0.3) is 0 Å². The molecule has 0 saturated carbocycles. The maximum absolute atomic E-state index is 6.21. The lowest BCUT2D eigenvalue weighted by Gasteiger charge is -2.20. The second-order valence-electron chi connectivity index (χ2n) is 4.92. The van der Waals surface area contributed by atoms with Crippen LogP contribution in [0.5, 0.6) is 11.5 Å². The molecule has 3 rings (SSSR count). The minimum Gasteiger partial charge on any atom is -0.486 e. The number of nitrogens with zero attached hydrogens (tertiary/aromatic N) is 1. The number of rotatable bonds is 6. The van der Waals surface area contributed by atoms with E-state index in [1.165, 1.54) is 0 Å². The van der Waals surface area contributed by atoms with Gasteiger partial charge in [0.2, 0.25) is 0 Å². The monoisotopic (exact) mass is 307 g/mol. The van der Waals surface area contributed by atoms with Crippen LogP contribution in [0.3, 0.4) is 0 Å². The molecule has 6 heteroatoms. The van der Waals surface area contributed by atoms with Gasteiger partial charge in [0.25, 0.3) is 0 Å². The Morgan fingerprint density at radius 2 is 2.19 bits per heavy atom. The number of nitrogens with one attached hydrogen (secondary N) is 2. The summed E-state index contributed by atoms with van der Waals surface area (Å²) in [4.78, 5) is 7.30. The molecule has 2 heterocycles. The summed E-state index contributed by atoms with van der Waals surface area (Å²) in [5.41, 5.74) is 1.10. The average molecular weight is 308 g/mol. The van der Waals surface area contributed by atoms with Gasteiger partial charge in [-0.15, -0.1) is 0 Å². The molecule has 0 amide bonds. The van der Waals surface area contributed by atoms with Gasteiger partial charge in [0.15, 0.2) is 11.5 Å². The van der Waals surface area contributed by atoms with E-state index in [9.17, 15) is 0 Å². The SMILES string of the molecule is Clc1cc(CNCCCc2ncc[nH]2)cc2c1OCCO2. The van der Waals surface area contributed by atoms with E-state index in [1.807, 2.05) is 18.3 Å². The number of benzene rings is 1. The van der Waals surface area contributed by atoms with Gasteiger partial charge in [0.1, 0.15) is 19.0 Å². The van der Waals surface area contributed by atoms with E-state index in [-0.39, 0.29) is 0 Å². The summed E-state index contributed by atoms with van der Waals surface area (Å²) in [6.45, 7) is 2.81. The Bertz CT molecular complexity index is 587. The Labute approximate surface area is 128 Å². The molecular formula is C15H18ClN3O2. The maximum Gasteiger partial charge on any atom is 0.179 e. The first-order valence-corrected chi connectivity index (χ1v) is 7.48. The molecule has 5 nitrogen and oxygen atoms in total. The van der Waals surface area contributed by atoms with Crippen molar-refractivity contribution in [2.24, 2.45) is 0 Å². The lowest BCUT2D eigenvalue weighted by molar-refractivity contribution is 0.171. The second kappa shape index (κ2) is 6.83. The lowest BCUT2D eigenvalue weighted by Crippen LogP contribution is -2.18. The Balaban J connectivity index is 1.48. The fraction of sp³-hybridized carbons (Fsp3) is 0.400. The van der Waals surface area contributed by atoms with Crippen LogP contribution in [0.4, 0.5) is 0 Å². The maximum atomic E-state index is 6.21. The summed E-state index contributed by atoms with van der Waals surface area (Å²) in [5, 5.41) is 4.01. The molecule has 2 aromatic rings. The number of aromatic amines is 1. The van der Waals surface area contributed by atoms with Gasteiger partial charge in [-0.25, -0.2) is 4.98 Å². The smallest absolute Gasteiger partial charge is 0.179 e. The fourth-order valence-electron chi connectivity index (χ4n) is 2.31. The molecule has 0 bridgehead atoms. The molecule has 1 aliphatic rings. The number of fused-ring (bicyclic) bond motifs is 1. The van der Waals surface area contributed by atoms with Crippen LogP contribution in [0, 0.1) is 0 Å². The van der Waals surface area contributed by atoms with Crippen molar-refractivity contribution >= 4 is 11.6 Å². The van der Waals surface area contributed by atoms with E-state index in [2.05, 4.69) is 15.3 Å². The van der Waals surface area contributed by atoms with Gasteiger partial charge in [-0.05, 0) is 30.7 Å². The van der Waals surface area contributed by atoms with Crippen LogP contribution in [-0.2, 0) is 13.0 Å². The third-order valence-corrected chi connectivity index (χ3v) is 3.59. The van der Waals surface area contributed by atoms with Crippen molar-refractivity contribution in [1.82, 2.24) is 15.3 Å². The first-order valence-electron chi connectivity index (χ1n) is 7.10. The molecule has 1 aliphatic heterocycles. The molecule has 1 aromatic carbocycles. The number of aryl methyl sites for hydroxylation is 1. The zero-order valence-corrected chi connectivity index (χ0v) is 12.4. The Morgan fingerprint density at radius 1 is 1.29 bits per heavy atom. The lowest BCUT2D eigenvalue weighted by atomic mass is 10.2. The van der Waals surface area contributed by atoms with E-state index >= 15 is 0 Å². The summed E-state index contributed by atoms with van der Waals surface area (Å²) < 4.78 is 11.1. The van der Waals surface area contributed by atoms with Crippen LogP contribution in [0.15, 0.2) is 24.5 Å². The van der Waals surface area contributed by atoms with E-state index in [0.29, 0.717) is 24.0 Å². The van der Waals surface area contributed by atoms with Crippen molar-refractivity contribution in [3.05, 3.63) is 40.9 Å². The highest BCUT2D eigenvalue weighted by Gasteiger charge is 2.16. The number of aromatic nitrogens is 2. The fourth-order valence-corrected chi connectivity index (χ4v) is 2.60. The number of halogens is 1. The molecule has 0 unspecified atom stereocenters. The molecular weight excluding hydrogens is 290 g/mol. The van der Waals surface area contributed by atoms with Gasteiger partial charge in [0.05, 0.1) is 5.02 Å². The predicted molar refractivity (Wildman–Crippen MR) is 81.1 cm³/mol. The van der Waals surface area contributed by atoms with Crippen LogP contribution in [0.1, 0.15) is 17.8 Å². The molecule has 0 radical (unpaired) electrons. The summed E-state index contributed by atoms with van der Waals surface area (Å²) in [7, 11) is 0. The third-order valence-electron chi connectivity index (χ3n) is 3.31. The van der Waals surface area contributed by atoms with Crippen LogP contribution >= 0.6 is 11.6 Å². The highest BCUT2D eigenvalue weighted by molar-refractivity contribution is 6.32. The zero-order valence-electron chi connectivity index (χ0n) is 11.7. The van der Waals surface area contributed by atoms with E-state index < -0.39 is 0 Å². The normalized spacial score (nSPS) is 13.4. The van der Waals surface area contributed by atoms with Gasteiger partial charge < -0.3 is 19.8 Å². The number of hydrogen-bond acceptors (Lipinski definition) is 4. The topological polar surface area (TPSA) is 59.2 Å². The summed E-state index contributed by atoms with van der Waals surface area (Å²) in [5.74, 6) is 2.42. The molecule has 0 atom stereocenters. The molecule has 1 aromatic heterocycles. The van der Waals surface area contributed by atoms with Crippen molar-refractivity contribution in [1.29, 1.82) is 0 Å². The largest absolute Gasteiger partial charge is 0.486 e. The van der Waals surface area contributed by atoms with Gasteiger partial charge in [0, 0.05) is 25.4 Å².